The molecule has 5 nitrogen and oxygen atoms in total. The summed E-state index contributed by atoms with van der Waals surface area (Å²) in [5, 5.41) is 6.42. The number of hydrogen-bond acceptors (Lipinski definition) is 4. The molecule has 3 rings (SSSR count). The second-order valence-corrected chi connectivity index (χ2v) is 5.62. The molecule has 7 heteroatoms. The third-order valence-electron chi connectivity index (χ3n) is 3.86. The van der Waals surface area contributed by atoms with Crippen LogP contribution in [0.5, 0.6) is 0 Å². The van der Waals surface area contributed by atoms with Gasteiger partial charge in [-0.15, -0.1) is 0 Å². The lowest BCUT2D eigenvalue weighted by molar-refractivity contribution is 0.134. The average Bonchev–Trinajstić information content (AvgIpc) is 2.93. The van der Waals surface area contributed by atoms with Crippen LogP contribution in [0.3, 0.4) is 0 Å². The number of piperazine rings is 1. The van der Waals surface area contributed by atoms with Crippen molar-refractivity contribution in [2.45, 2.75) is 39.4 Å². The maximum absolute atomic E-state index is 12.3. The van der Waals surface area contributed by atoms with Crippen molar-refractivity contribution in [3.8, 4) is 0 Å². The number of aromatic nitrogens is 2. The summed E-state index contributed by atoms with van der Waals surface area (Å²) in [5.41, 5.74) is 0.844. The molecule has 0 saturated carbocycles. The number of rotatable bonds is 2. The lowest BCUT2D eigenvalue weighted by Crippen LogP contribution is -2.46. The molecule has 0 atom stereocenters. The highest BCUT2D eigenvalue weighted by Gasteiger charge is 2.19. The minimum atomic E-state index is -2.46. The Hall–Kier alpha value is -1.05. The Balaban J connectivity index is 0.000000161. The Kier molecular flexibility index (Phi) is 6.08. The monoisotopic (exact) mass is 301 g/mol. The first kappa shape index (κ1) is 16.3. The first-order chi connectivity index (χ1) is 10.1. The first-order valence-corrected chi connectivity index (χ1v) is 7.57. The van der Waals surface area contributed by atoms with Crippen LogP contribution in [0.4, 0.5) is 8.78 Å². The molecule has 120 valence electrons. The first-order valence-electron chi connectivity index (χ1n) is 7.57. The summed E-state index contributed by atoms with van der Waals surface area (Å²) in [7, 11) is 0. The van der Waals surface area contributed by atoms with Gasteiger partial charge in [0.05, 0.1) is 11.9 Å². The van der Waals surface area contributed by atoms with Gasteiger partial charge >= 0.3 is 0 Å². The average molecular weight is 301 g/mol. The molecule has 0 radical (unpaired) electrons. The molecular weight excluding hydrogens is 276 g/mol. The van der Waals surface area contributed by atoms with Crippen LogP contribution in [0.2, 0.25) is 0 Å². The van der Waals surface area contributed by atoms with E-state index in [1.165, 1.54) is 19.3 Å². The molecule has 1 saturated heterocycles. The summed E-state index contributed by atoms with van der Waals surface area (Å²) in [4.78, 5) is 6.17. The highest BCUT2D eigenvalue weighted by atomic mass is 19.3. The quantitative estimate of drug-likeness (QED) is 0.862. The number of nitrogens with zero attached hydrogens (tertiary/aromatic N) is 3. The fourth-order valence-corrected chi connectivity index (χ4v) is 2.61. The fraction of sp³-hybridized carbons (Fsp3) is 0.786. The van der Waals surface area contributed by atoms with Crippen LogP contribution in [-0.2, 0) is 13.1 Å². The van der Waals surface area contributed by atoms with Gasteiger partial charge in [-0.2, -0.15) is 0 Å². The van der Waals surface area contributed by atoms with Gasteiger partial charge in [-0.3, -0.25) is 4.90 Å². The largest absolute Gasteiger partial charge is 0.325 e. The summed E-state index contributed by atoms with van der Waals surface area (Å²) in [6, 6.07) is 0.729. The van der Waals surface area contributed by atoms with Crippen LogP contribution >= 0.6 is 0 Å². The SMILES string of the molecule is CC(C)N1CCNCC1.FC(F)c1ncc2n1CCNC2. The highest BCUT2D eigenvalue weighted by molar-refractivity contribution is 5.08. The molecule has 0 amide bonds. The molecule has 2 N–H and O–H groups in total. The minimum Gasteiger partial charge on any atom is -0.325 e. The molecule has 2 aliphatic rings. The standard InChI is InChI=1S/C7H9F2N3.C7H16N2/c8-6(9)7-11-4-5-3-10-1-2-12(5)7;1-7(2)9-5-3-8-4-6-9/h4,6,10H,1-3H2;7-8H,3-6H2,1-2H3. The predicted molar refractivity (Wildman–Crippen MR) is 78.5 cm³/mol. The Morgan fingerprint density at radius 1 is 1.10 bits per heavy atom. The topological polar surface area (TPSA) is 45.1 Å². The van der Waals surface area contributed by atoms with Gasteiger partial charge in [0.1, 0.15) is 0 Å². The highest BCUT2D eigenvalue weighted by Crippen LogP contribution is 2.19. The van der Waals surface area contributed by atoms with E-state index in [9.17, 15) is 8.78 Å². The third-order valence-corrected chi connectivity index (χ3v) is 3.86. The zero-order valence-electron chi connectivity index (χ0n) is 12.8. The van der Waals surface area contributed by atoms with Gasteiger partial charge in [-0.25, -0.2) is 13.8 Å². The smallest absolute Gasteiger partial charge is 0.295 e. The summed E-state index contributed by atoms with van der Waals surface area (Å²) in [6.45, 7) is 11.3. The molecule has 2 aliphatic heterocycles. The Morgan fingerprint density at radius 2 is 1.76 bits per heavy atom. The molecule has 21 heavy (non-hydrogen) atoms. The molecule has 3 heterocycles. The van der Waals surface area contributed by atoms with E-state index in [4.69, 9.17) is 0 Å². The zero-order valence-corrected chi connectivity index (χ0v) is 12.8. The van der Waals surface area contributed by atoms with E-state index < -0.39 is 6.43 Å². The molecule has 0 aliphatic carbocycles. The van der Waals surface area contributed by atoms with Gasteiger partial charge in [0.2, 0.25) is 0 Å². The normalized spacial score (nSPS) is 19.3. The number of halogens is 2. The minimum absolute atomic E-state index is 0.105. The third kappa shape index (κ3) is 4.46. The van der Waals surface area contributed by atoms with Crippen LogP contribution in [0.1, 0.15) is 31.8 Å². The molecule has 0 unspecified atom stereocenters. The van der Waals surface area contributed by atoms with E-state index in [2.05, 4.69) is 34.4 Å². The van der Waals surface area contributed by atoms with Crippen molar-refractivity contribution < 1.29 is 8.78 Å². The van der Waals surface area contributed by atoms with Crippen molar-refractivity contribution in [3.63, 3.8) is 0 Å². The number of hydrogen-bond donors (Lipinski definition) is 2. The molecular formula is C14H25F2N5. The van der Waals surface area contributed by atoms with Crippen molar-refractivity contribution >= 4 is 0 Å². The molecule has 0 bridgehead atoms. The van der Waals surface area contributed by atoms with Gasteiger partial charge in [-0.05, 0) is 13.8 Å². The van der Waals surface area contributed by atoms with Gasteiger partial charge in [0, 0.05) is 51.9 Å². The molecule has 1 fully saturated rings. The van der Waals surface area contributed by atoms with E-state index in [0.717, 1.165) is 31.4 Å². The summed E-state index contributed by atoms with van der Waals surface area (Å²) in [6.07, 6.45) is -0.954. The number of imidazole rings is 1. The Bertz CT molecular complexity index is 427. The Labute approximate surface area is 124 Å². The Morgan fingerprint density at radius 3 is 2.33 bits per heavy atom. The van der Waals surface area contributed by atoms with Crippen molar-refractivity contribution in [3.05, 3.63) is 17.7 Å². The molecule has 1 aromatic heterocycles. The van der Waals surface area contributed by atoms with E-state index >= 15 is 0 Å². The lowest BCUT2D eigenvalue weighted by atomic mass is 10.3. The number of nitrogens with one attached hydrogen (secondary N) is 2. The molecule has 0 spiro atoms. The number of alkyl halides is 2. The van der Waals surface area contributed by atoms with E-state index in [0.29, 0.717) is 13.1 Å². The maximum Gasteiger partial charge on any atom is 0.295 e. The zero-order chi connectivity index (χ0) is 15.2. The van der Waals surface area contributed by atoms with Gasteiger partial charge in [-0.1, -0.05) is 0 Å². The summed E-state index contributed by atoms with van der Waals surface area (Å²) >= 11 is 0. The van der Waals surface area contributed by atoms with Gasteiger partial charge in [0.25, 0.3) is 6.43 Å². The molecule has 1 aromatic rings. The number of fused-ring (bicyclic) bond motifs is 1. The van der Waals surface area contributed by atoms with Crippen molar-refractivity contribution in [1.29, 1.82) is 0 Å². The van der Waals surface area contributed by atoms with Gasteiger partial charge < -0.3 is 15.2 Å². The molecule has 0 aromatic carbocycles. The van der Waals surface area contributed by atoms with Crippen molar-refractivity contribution in [1.82, 2.24) is 25.1 Å². The van der Waals surface area contributed by atoms with Crippen LogP contribution in [0.25, 0.3) is 0 Å². The second kappa shape index (κ2) is 7.82. The predicted octanol–water partition coefficient (Wildman–Crippen LogP) is 1.22. The van der Waals surface area contributed by atoms with Crippen LogP contribution < -0.4 is 10.6 Å². The summed E-state index contributed by atoms with van der Waals surface area (Å²) in [5.74, 6) is -0.105. The van der Waals surface area contributed by atoms with Crippen LogP contribution in [0.15, 0.2) is 6.20 Å². The fourth-order valence-electron chi connectivity index (χ4n) is 2.61. The van der Waals surface area contributed by atoms with E-state index in [-0.39, 0.29) is 5.82 Å². The van der Waals surface area contributed by atoms with Crippen molar-refractivity contribution in [2.24, 2.45) is 0 Å². The van der Waals surface area contributed by atoms with Crippen LogP contribution in [0, 0.1) is 0 Å². The van der Waals surface area contributed by atoms with Crippen LogP contribution in [-0.4, -0.2) is 53.2 Å². The second-order valence-electron chi connectivity index (χ2n) is 5.62. The van der Waals surface area contributed by atoms with Gasteiger partial charge in [0.15, 0.2) is 5.82 Å². The maximum atomic E-state index is 12.3. The lowest BCUT2D eigenvalue weighted by Gasteiger charge is -2.30. The van der Waals surface area contributed by atoms with E-state index in [1.54, 1.807) is 4.57 Å². The summed E-state index contributed by atoms with van der Waals surface area (Å²) < 4.78 is 26.2. The van der Waals surface area contributed by atoms with Crippen molar-refractivity contribution in [2.75, 3.05) is 32.7 Å². The van der Waals surface area contributed by atoms with E-state index in [1.807, 2.05) is 0 Å².